The molecule has 212 valence electrons. The van der Waals surface area contributed by atoms with E-state index in [0.29, 0.717) is 51.1 Å². The molecule has 2 heterocycles. The first-order valence-electron chi connectivity index (χ1n) is 12.3. The lowest BCUT2D eigenvalue weighted by Crippen LogP contribution is -2.34. The van der Waals surface area contributed by atoms with Gasteiger partial charge in [-0.2, -0.15) is 0 Å². The lowest BCUT2D eigenvalue weighted by Gasteiger charge is -2.32. The lowest BCUT2D eigenvalue weighted by atomic mass is 10.0. The normalized spacial score (nSPS) is 16.0. The number of fused-ring (bicyclic) bond motifs is 1. The Morgan fingerprint density at radius 1 is 0.850 bits per heavy atom. The van der Waals surface area contributed by atoms with E-state index in [9.17, 15) is 4.79 Å². The Morgan fingerprint density at radius 3 is 1.90 bits per heavy atom. The molecule has 1 unspecified atom stereocenters. The summed E-state index contributed by atoms with van der Waals surface area (Å²) < 4.78 is 38.4. The van der Waals surface area contributed by atoms with Crippen LogP contribution in [0.1, 0.15) is 24.1 Å². The first kappa shape index (κ1) is 28.8. The highest BCUT2D eigenvalue weighted by Crippen LogP contribution is 2.46. The summed E-state index contributed by atoms with van der Waals surface area (Å²) >= 11 is 1.35. The minimum absolute atomic E-state index is 0.259. The van der Waals surface area contributed by atoms with Crippen LogP contribution in [0, 0.1) is 0 Å². The number of ether oxygens (including phenoxy) is 7. The molecule has 10 nitrogen and oxygen atoms in total. The molecule has 0 fully saturated rings. The van der Waals surface area contributed by atoms with E-state index in [1.807, 2.05) is 47.4 Å². The van der Waals surface area contributed by atoms with Gasteiger partial charge in [-0.25, -0.2) is 9.79 Å². The van der Waals surface area contributed by atoms with Gasteiger partial charge in [-0.05, 0) is 54.5 Å². The van der Waals surface area contributed by atoms with Crippen LogP contribution in [-0.4, -0.2) is 65.3 Å². The number of methoxy groups -OCH3 is 6. The molecule has 2 aliphatic heterocycles. The number of carbonyl (C=O) groups is 1. The van der Waals surface area contributed by atoms with Crippen LogP contribution in [0.5, 0.6) is 34.5 Å². The fourth-order valence-electron chi connectivity index (χ4n) is 4.40. The molecular formula is C29H32N2O8S. The Kier molecular flexibility index (Phi) is 9.15. The van der Waals surface area contributed by atoms with Crippen molar-refractivity contribution in [1.82, 2.24) is 4.90 Å². The molecule has 0 aliphatic carbocycles. The minimum Gasteiger partial charge on any atom is -0.493 e. The predicted molar refractivity (Wildman–Crippen MR) is 154 cm³/mol. The van der Waals surface area contributed by atoms with Crippen LogP contribution in [0.3, 0.4) is 0 Å². The molecule has 0 spiro atoms. The molecule has 4 rings (SSSR count). The van der Waals surface area contributed by atoms with Crippen molar-refractivity contribution in [2.24, 2.45) is 4.99 Å². The fraction of sp³-hybridized carbons (Fsp3) is 0.310. The predicted octanol–water partition coefficient (Wildman–Crippen LogP) is 5.20. The number of allylic oxidation sites excluding steroid dienone is 1. The van der Waals surface area contributed by atoms with Crippen molar-refractivity contribution in [1.29, 1.82) is 0 Å². The highest BCUT2D eigenvalue weighted by atomic mass is 32.2. The molecule has 2 aliphatic rings. The molecule has 40 heavy (non-hydrogen) atoms. The van der Waals surface area contributed by atoms with Crippen molar-refractivity contribution < 1.29 is 38.0 Å². The molecule has 2 aromatic carbocycles. The third-order valence-corrected chi connectivity index (χ3v) is 7.06. The van der Waals surface area contributed by atoms with Crippen molar-refractivity contribution in [3.63, 3.8) is 0 Å². The average Bonchev–Trinajstić information content (AvgIpc) is 3.42. The molecule has 0 bridgehead atoms. The molecule has 11 heteroatoms. The van der Waals surface area contributed by atoms with E-state index >= 15 is 0 Å². The van der Waals surface area contributed by atoms with Gasteiger partial charge in [0.25, 0.3) is 0 Å². The molecule has 2 aromatic rings. The summed E-state index contributed by atoms with van der Waals surface area (Å²) in [6.07, 6.45) is 5.75. The van der Waals surface area contributed by atoms with Crippen LogP contribution in [0.2, 0.25) is 0 Å². The second kappa shape index (κ2) is 12.7. The number of hydrogen-bond donors (Lipinski definition) is 0. The first-order valence-corrected chi connectivity index (χ1v) is 13.2. The molecule has 0 radical (unpaired) electrons. The zero-order chi connectivity index (χ0) is 28.8. The van der Waals surface area contributed by atoms with Crippen LogP contribution in [-0.2, 0) is 9.53 Å². The summed E-state index contributed by atoms with van der Waals surface area (Å²) in [5.74, 6) is 2.64. The zero-order valence-corrected chi connectivity index (χ0v) is 24.3. The largest absolute Gasteiger partial charge is 0.493 e. The number of benzene rings is 2. The van der Waals surface area contributed by atoms with E-state index in [0.717, 1.165) is 11.1 Å². The SMILES string of the molecule is CCOC(=O)C1=CSC2=NC(/C=C/c3cc(OC)c(OC)c(OC)c3)=CC(c3cc(OC)c(OC)c(OC)c3)N12. The molecule has 1 atom stereocenters. The van der Waals surface area contributed by atoms with Crippen LogP contribution in [0.25, 0.3) is 6.08 Å². The second-order valence-corrected chi connectivity index (χ2v) is 9.23. The summed E-state index contributed by atoms with van der Waals surface area (Å²) in [7, 11) is 9.38. The van der Waals surface area contributed by atoms with E-state index in [-0.39, 0.29) is 6.61 Å². The number of hydrogen-bond acceptors (Lipinski definition) is 11. The topological polar surface area (TPSA) is 97.3 Å². The van der Waals surface area contributed by atoms with Gasteiger partial charge in [0, 0.05) is 5.41 Å². The zero-order valence-electron chi connectivity index (χ0n) is 23.5. The lowest BCUT2D eigenvalue weighted by molar-refractivity contribution is -0.139. The average molecular weight is 569 g/mol. The fourth-order valence-corrected chi connectivity index (χ4v) is 5.31. The van der Waals surface area contributed by atoms with Gasteiger partial charge < -0.3 is 38.1 Å². The minimum atomic E-state index is -0.428. The van der Waals surface area contributed by atoms with Crippen LogP contribution in [0.15, 0.2) is 58.2 Å². The number of nitrogens with zero attached hydrogens (tertiary/aromatic N) is 2. The first-order chi connectivity index (χ1) is 19.4. The monoisotopic (exact) mass is 568 g/mol. The molecular weight excluding hydrogens is 536 g/mol. The number of aliphatic imine (C=N–C) groups is 1. The van der Waals surface area contributed by atoms with Gasteiger partial charge in [0.1, 0.15) is 5.70 Å². The second-order valence-electron chi connectivity index (χ2n) is 8.39. The van der Waals surface area contributed by atoms with Crippen LogP contribution in [0.4, 0.5) is 0 Å². The van der Waals surface area contributed by atoms with E-state index < -0.39 is 12.0 Å². The Hall–Kier alpha value is -4.25. The quantitative estimate of drug-likeness (QED) is 0.337. The number of carbonyl (C=O) groups excluding carboxylic acids is 1. The van der Waals surface area contributed by atoms with Gasteiger partial charge in [-0.1, -0.05) is 17.8 Å². The van der Waals surface area contributed by atoms with Gasteiger partial charge in [0.05, 0.1) is 61.0 Å². The van der Waals surface area contributed by atoms with Gasteiger partial charge in [0.2, 0.25) is 11.5 Å². The maximum atomic E-state index is 12.9. The summed E-state index contributed by atoms with van der Waals surface area (Å²) in [6.45, 7) is 2.03. The number of rotatable bonds is 11. The highest BCUT2D eigenvalue weighted by molar-refractivity contribution is 8.16. The number of thioether (sulfide) groups is 1. The van der Waals surface area contributed by atoms with Crippen LogP contribution >= 0.6 is 11.8 Å². The van der Waals surface area contributed by atoms with Crippen molar-refractivity contribution in [2.75, 3.05) is 49.3 Å². The van der Waals surface area contributed by atoms with Gasteiger partial charge in [0.15, 0.2) is 28.2 Å². The van der Waals surface area contributed by atoms with Crippen LogP contribution < -0.4 is 28.4 Å². The maximum Gasteiger partial charge on any atom is 0.355 e. The Labute approximate surface area is 237 Å². The summed E-state index contributed by atoms with van der Waals surface area (Å²) in [5.41, 5.74) is 2.71. The number of amidine groups is 1. The molecule has 0 saturated heterocycles. The summed E-state index contributed by atoms with van der Waals surface area (Å²) in [4.78, 5) is 19.5. The third kappa shape index (κ3) is 5.55. The van der Waals surface area contributed by atoms with E-state index in [1.165, 1.54) is 11.8 Å². The van der Waals surface area contributed by atoms with Crippen molar-refractivity contribution in [2.45, 2.75) is 13.0 Å². The van der Waals surface area contributed by atoms with Gasteiger partial charge in [-0.3, -0.25) is 0 Å². The van der Waals surface area contributed by atoms with Gasteiger partial charge in [-0.15, -0.1) is 0 Å². The summed E-state index contributed by atoms with van der Waals surface area (Å²) in [6, 6.07) is 6.99. The van der Waals surface area contributed by atoms with E-state index in [4.69, 9.17) is 38.2 Å². The smallest absolute Gasteiger partial charge is 0.355 e. The standard InChI is InChI=1S/C29H32N2O8S/c1-8-39-28(32)21-16-40-29-30-19(10-9-17-11-22(33-2)26(37-6)23(12-17)34-3)15-20(31(21)29)18-13-24(35-4)27(38-7)25(14-18)36-5/h9-16,20H,8H2,1-7H3/b10-9+. The third-order valence-electron chi connectivity index (χ3n) is 6.22. The van der Waals surface area contributed by atoms with Gasteiger partial charge >= 0.3 is 5.97 Å². The van der Waals surface area contributed by atoms with Crippen molar-refractivity contribution in [3.05, 3.63) is 64.3 Å². The van der Waals surface area contributed by atoms with E-state index in [2.05, 4.69) is 0 Å². The van der Waals surface area contributed by atoms with E-state index in [1.54, 1.807) is 55.0 Å². The molecule has 0 N–H and O–H groups in total. The highest BCUT2D eigenvalue weighted by Gasteiger charge is 2.37. The number of esters is 1. The Morgan fingerprint density at radius 2 is 1.40 bits per heavy atom. The maximum absolute atomic E-state index is 12.9. The van der Waals surface area contributed by atoms with Crippen molar-refractivity contribution >= 4 is 29.0 Å². The molecule has 0 saturated carbocycles. The Balaban J connectivity index is 1.80. The molecule has 0 amide bonds. The van der Waals surface area contributed by atoms with Crippen molar-refractivity contribution in [3.8, 4) is 34.5 Å². The molecule has 0 aromatic heterocycles. The summed E-state index contributed by atoms with van der Waals surface area (Å²) in [5, 5.41) is 2.38. The Bertz CT molecular complexity index is 1350.